The lowest BCUT2D eigenvalue weighted by molar-refractivity contribution is 0.274. The number of halogens is 1. The van der Waals surface area contributed by atoms with Crippen LogP contribution in [0.5, 0.6) is 11.5 Å². The predicted molar refractivity (Wildman–Crippen MR) is 127 cm³/mol. The van der Waals surface area contributed by atoms with Gasteiger partial charge in [-0.3, -0.25) is 4.99 Å². The van der Waals surface area contributed by atoms with Gasteiger partial charge in [0.2, 0.25) is 10.0 Å². The van der Waals surface area contributed by atoms with Crippen molar-refractivity contribution < 1.29 is 17.9 Å². The number of aliphatic imine (C=N–C) groups is 1. The SMILES string of the molecule is CN=C(NCC1CCN(S(C)(=O)=O)CC1)NC(C)c1cc(OC)ccc1OC.I. The minimum atomic E-state index is -3.09. The molecule has 10 heteroatoms. The molecule has 2 rings (SSSR count). The molecule has 0 spiro atoms. The van der Waals surface area contributed by atoms with Crippen LogP contribution in [-0.4, -0.2) is 65.8 Å². The van der Waals surface area contributed by atoms with Gasteiger partial charge in [-0.15, -0.1) is 24.0 Å². The van der Waals surface area contributed by atoms with Gasteiger partial charge in [0.05, 0.1) is 26.5 Å². The van der Waals surface area contributed by atoms with Gasteiger partial charge >= 0.3 is 0 Å². The fourth-order valence-electron chi connectivity index (χ4n) is 3.34. The van der Waals surface area contributed by atoms with Gasteiger partial charge in [0.25, 0.3) is 0 Å². The van der Waals surface area contributed by atoms with Crippen molar-refractivity contribution in [1.82, 2.24) is 14.9 Å². The molecule has 1 aromatic carbocycles. The van der Waals surface area contributed by atoms with Crippen LogP contribution in [0.4, 0.5) is 0 Å². The zero-order valence-corrected chi connectivity index (χ0v) is 20.9. The van der Waals surface area contributed by atoms with Crippen LogP contribution in [0.3, 0.4) is 0 Å². The second kappa shape index (κ2) is 11.8. The van der Waals surface area contributed by atoms with Gasteiger partial charge in [0, 0.05) is 32.2 Å². The van der Waals surface area contributed by atoms with Gasteiger partial charge < -0.3 is 20.1 Å². The van der Waals surface area contributed by atoms with E-state index in [2.05, 4.69) is 15.6 Å². The van der Waals surface area contributed by atoms with Crippen molar-refractivity contribution in [3.8, 4) is 11.5 Å². The molecule has 0 saturated carbocycles. The minimum Gasteiger partial charge on any atom is -0.497 e. The van der Waals surface area contributed by atoms with Crippen molar-refractivity contribution in [2.45, 2.75) is 25.8 Å². The molecular formula is C19H33IN4O4S. The first-order valence-electron chi connectivity index (χ1n) is 9.42. The number of guanidine groups is 1. The topological polar surface area (TPSA) is 92.3 Å². The smallest absolute Gasteiger partial charge is 0.211 e. The van der Waals surface area contributed by atoms with Crippen molar-refractivity contribution in [2.75, 3.05) is 47.2 Å². The van der Waals surface area contributed by atoms with Crippen LogP contribution < -0.4 is 20.1 Å². The van der Waals surface area contributed by atoms with Crippen LogP contribution >= 0.6 is 24.0 Å². The molecule has 1 aliphatic rings. The number of rotatable bonds is 7. The molecule has 1 atom stereocenters. The third kappa shape index (κ3) is 7.49. The molecule has 0 aliphatic carbocycles. The molecule has 2 N–H and O–H groups in total. The molecule has 8 nitrogen and oxygen atoms in total. The van der Waals surface area contributed by atoms with Gasteiger partial charge in [0.15, 0.2) is 5.96 Å². The number of sulfonamides is 1. The van der Waals surface area contributed by atoms with Crippen molar-refractivity contribution >= 4 is 40.0 Å². The maximum Gasteiger partial charge on any atom is 0.211 e. The van der Waals surface area contributed by atoms with Crippen LogP contribution in [0.1, 0.15) is 31.4 Å². The van der Waals surface area contributed by atoms with E-state index in [0.717, 1.165) is 36.4 Å². The molecule has 166 valence electrons. The summed E-state index contributed by atoms with van der Waals surface area (Å²) in [4.78, 5) is 4.31. The van der Waals surface area contributed by atoms with Crippen LogP contribution in [0.15, 0.2) is 23.2 Å². The molecule has 0 bridgehead atoms. The third-order valence-electron chi connectivity index (χ3n) is 5.08. The minimum absolute atomic E-state index is 0. The molecule has 1 heterocycles. The van der Waals surface area contributed by atoms with Gasteiger partial charge in [-0.2, -0.15) is 0 Å². The summed E-state index contributed by atoms with van der Waals surface area (Å²) in [5.74, 6) is 2.66. The first-order valence-corrected chi connectivity index (χ1v) is 11.3. The maximum atomic E-state index is 11.6. The second-order valence-corrected chi connectivity index (χ2v) is 9.01. The first-order chi connectivity index (χ1) is 13.3. The number of benzene rings is 1. The van der Waals surface area contributed by atoms with E-state index in [4.69, 9.17) is 9.47 Å². The van der Waals surface area contributed by atoms with Crippen LogP contribution in [0.2, 0.25) is 0 Å². The summed E-state index contributed by atoms with van der Waals surface area (Å²) < 4.78 is 35.6. The van der Waals surface area contributed by atoms with Crippen molar-refractivity contribution in [1.29, 1.82) is 0 Å². The Morgan fingerprint density at radius 3 is 2.45 bits per heavy atom. The van der Waals surface area contributed by atoms with Gasteiger partial charge in [-0.05, 0) is 43.9 Å². The fourth-order valence-corrected chi connectivity index (χ4v) is 4.22. The Morgan fingerprint density at radius 2 is 1.93 bits per heavy atom. The van der Waals surface area contributed by atoms with Crippen LogP contribution in [0, 0.1) is 5.92 Å². The number of hydrogen-bond donors (Lipinski definition) is 2. The van der Waals surface area contributed by atoms with E-state index in [9.17, 15) is 8.42 Å². The predicted octanol–water partition coefficient (Wildman–Crippen LogP) is 2.22. The number of piperidine rings is 1. The molecule has 1 aliphatic heterocycles. The summed E-state index contributed by atoms with van der Waals surface area (Å²) in [7, 11) is 1.93. The molecule has 29 heavy (non-hydrogen) atoms. The van der Waals surface area contributed by atoms with E-state index in [1.807, 2.05) is 25.1 Å². The summed E-state index contributed by atoms with van der Waals surface area (Å²) in [6, 6.07) is 5.66. The highest BCUT2D eigenvalue weighted by atomic mass is 127. The van der Waals surface area contributed by atoms with Gasteiger partial charge in [0.1, 0.15) is 11.5 Å². The molecule has 1 fully saturated rings. The number of hydrogen-bond acceptors (Lipinski definition) is 5. The van der Waals surface area contributed by atoms with Crippen molar-refractivity contribution in [2.24, 2.45) is 10.9 Å². The molecular weight excluding hydrogens is 507 g/mol. The first kappa shape index (κ1) is 25.8. The van der Waals surface area contributed by atoms with Crippen LogP contribution in [0.25, 0.3) is 0 Å². The van der Waals surface area contributed by atoms with Crippen molar-refractivity contribution in [3.63, 3.8) is 0 Å². The summed E-state index contributed by atoms with van der Waals surface area (Å²) in [6.45, 7) is 3.94. The number of nitrogens with one attached hydrogen (secondary N) is 2. The monoisotopic (exact) mass is 540 g/mol. The number of ether oxygens (including phenoxy) is 2. The molecule has 0 amide bonds. The largest absolute Gasteiger partial charge is 0.497 e. The number of methoxy groups -OCH3 is 2. The fraction of sp³-hybridized carbons (Fsp3) is 0.632. The second-order valence-electron chi connectivity index (χ2n) is 7.03. The van der Waals surface area contributed by atoms with E-state index >= 15 is 0 Å². The Balaban J connectivity index is 0.00000420. The van der Waals surface area contributed by atoms with Crippen LogP contribution in [-0.2, 0) is 10.0 Å². The molecule has 0 aromatic heterocycles. The zero-order chi connectivity index (χ0) is 20.7. The van der Waals surface area contributed by atoms with E-state index in [1.165, 1.54) is 6.26 Å². The Morgan fingerprint density at radius 1 is 1.28 bits per heavy atom. The summed E-state index contributed by atoms with van der Waals surface area (Å²) in [5, 5.41) is 6.74. The highest BCUT2D eigenvalue weighted by Crippen LogP contribution is 2.29. The van der Waals surface area contributed by atoms with E-state index in [-0.39, 0.29) is 30.0 Å². The lowest BCUT2D eigenvalue weighted by atomic mass is 9.98. The molecule has 1 unspecified atom stereocenters. The molecule has 1 saturated heterocycles. The van der Waals surface area contributed by atoms with Gasteiger partial charge in [-0.25, -0.2) is 12.7 Å². The summed E-state index contributed by atoms with van der Waals surface area (Å²) >= 11 is 0. The number of nitrogens with zero attached hydrogens (tertiary/aromatic N) is 2. The lowest BCUT2D eigenvalue weighted by Gasteiger charge is -2.30. The maximum absolute atomic E-state index is 11.6. The Kier molecular flexibility index (Phi) is 10.5. The average Bonchev–Trinajstić information content (AvgIpc) is 2.69. The Labute approximate surface area is 191 Å². The Bertz CT molecular complexity index is 780. The molecule has 1 aromatic rings. The summed E-state index contributed by atoms with van der Waals surface area (Å²) in [5.41, 5.74) is 0.978. The van der Waals surface area contributed by atoms with Crippen molar-refractivity contribution in [3.05, 3.63) is 23.8 Å². The average molecular weight is 540 g/mol. The normalized spacial score (nSPS) is 17.2. The van der Waals surface area contributed by atoms with E-state index in [0.29, 0.717) is 25.0 Å². The van der Waals surface area contributed by atoms with E-state index in [1.54, 1.807) is 25.6 Å². The highest BCUT2D eigenvalue weighted by Gasteiger charge is 2.25. The van der Waals surface area contributed by atoms with Gasteiger partial charge in [-0.1, -0.05) is 0 Å². The summed E-state index contributed by atoms with van der Waals surface area (Å²) in [6.07, 6.45) is 2.96. The standard InChI is InChI=1S/C19H32N4O4S.HI/c1-14(17-12-16(26-3)6-7-18(17)27-4)22-19(20-2)21-13-15-8-10-23(11-9-15)28(5,24)25;/h6-7,12,14-15H,8-11,13H2,1-5H3,(H2,20,21,22);1H. The quantitative estimate of drug-likeness (QED) is 0.313. The zero-order valence-electron chi connectivity index (χ0n) is 17.8. The highest BCUT2D eigenvalue weighted by molar-refractivity contribution is 14.0. The molecule has 0 radical (unpaired) electrons. The lowest BCUT2D eigenvalue weighted by Crippen LogP contribution is -2.44. The third-order valence-corrected chi connectivity index (χ3v) is 6.38. The Hall–Kier alpha value is -1.27. The van der Waals surface area contributed by atoms with E-state index < -0.39 is 10.0 Å².